The third kappa shape index (κ3) is 3.70. The molecule has 0 amide bonds. The molecule has 8 heteroatoms. The number of benzene rings is 2. The van der Waals surface area contributed by atoms with Gasteiger partial charge in [0.25, 0.3) is 0 Å². The minimum Gasteiger partial charge on any atom is -0.318 e. The summed E-state index contributed by atoms with van der Waals surface area (Å²) in [7, 11) is -2.54. The molecule has 1 aliphatic carbocycles. The Balaban J connectivity index is 1.77. The molecule has 0 aliphatic heterocycles. The van der Waals surface area contributed by atoms with E-state index < -0.39 is 7.14 Å². The van der Waals surface area contributed by atoms with Crippen LogP contribution in [-0.2, 0) is 9.98 Å². The van der Waals surface area contributed by atoms with Gasteiger partial charge in [-0.15, -0.1) is 0 Å². The first-order valence-corrected chi connectivity index (χ1v) is 15.0. The van der Waals surface area contributed by atoms with Gasteiger partial charge >= 0.3 is 0 Å². The highest BCUT2D eigenvalue weighted by Crippen LogP contribution is 2.53. The fourth-order valence-electron chi connectivity index (χ4n) is 5.90. The molecule has 5 aromatic rings. The van der Waals surface area contributed by atoms with Gasteiger partial charge in [-0.1, -0.05) is 6.42 Å². The third-order valence-electron chi connectivity index (χ3n) is 7.69. The van der Waals surface area contributed by atoms with Crippen molar-refractivity contribution in [3.63, 3.8) is 0 Å². The summed E-state index contributed by atoms with van der Waals surface area (Å²) in [5.74, 6) is -0.298. The zero-order valence-electron chi connectivity index (χ0n) is 21.0. The van der Waals surface area contributed by atoms with E-state index in [2.05, 4.69) is 44.0 Å². The molecule has 0 bridgehead atoms. The molecule has 6 rings (SSSR count). The molecule has 1 aliphatic rings. The smallest absolute Gasteiger partial charge is 0.127 e. The fourth-order valence-corrected chi connectivity index (χ4v) is 7.15. The number of hydrogen-bond acceptors (Lipinski definition) is 4. The van der Waals surface area contributed by atoms with E-state index in [1.54, 1.807) is 31.7 Å². The Morgan fingerprint density at radius 3 is 2.54 bits per heavy atom. The molecule has 0 unspecified atom stereocenters. The number of hydrogen-bond donors (Lipinski definition) is 1. The number of aryl methyl sites for hydroxylation is 1. The van der Waals surface area contributed by atoms with Crippen LogP contribution in [0.5, 0.6) is 0 Å². The molecule has 37 heavy (non-hydrogen) atoms. The van der Waals surface area contributed by atoms with E-state index in [-0.39, 0.29) is 11.2 Å². The van der Waals surface area contributed by atoms with Crippen molar-refractivity contribution >= 4 is 34.4 Å². The predicted octanol–water partition coefficient (Wildman–Crippen LogP) is 6.60. The van der Waals surface area contributed by atoms with Crippen LogP contribution in [0.1, 0.15) is 36.9 Å². The molecule has 1 N–H and O–H groups in total. The highest BCUT2D eigenvalue weighted by molar-refractivity contribution is 7.70. The van der Waals surface area contributed by atoms with Crippen LogP contribution in [-0.4, -0.2) is 33.1 Å². The van der Waals surface area contributed by atoms with Gasteiger partial charge in [-0.2, -0.15) is 10.4 Å². The maximum Gasteiger partial charge on any atom is 0.127 e. The van der Waals surface area contributed by atoms with Gasteiger partial charge in [0.2, 0.25) is 0 Å². The molecule has 6 nitrogen and oxygen atoms in total. The van der Waals surface area contributed by atoms with Crippen LogP contribution < -0.4 is 5.44 Å². The average molecular weight is 512 g/mol. The van der Waals surface area contributed by atoms with Gasteiger partial charge in [-0.3, -0.25) is 10.1 Å². The van der Waals surface area contributed by atoms with E-state index in [4.69, 9.17) is 0 Å². The molecular weight excluding hydrogens is 484 g/mol. The second-order valence-electron chi connectivity index (χ2n) is 10.5. The predicted molar refractivity (Wildman–Crippen MR) is 146 cm³/mol. The molecule has 0 radical (unpaired) electrons. The summed E-state index contributed by atoms with van der Waals surface area (Å²) in [6, 6.07) is 15.2. The van der Waals surface area contributed by atoms with Gasteiger partial charge in [0.1, 0.15) is 18.4 Å². The van der Waals surface area contributed by atoms with Crippen LogP contribution in [0.3, 0.4) is 0 Å². The van der Waals surface area contributed by atoms with Crippen molar-refractivity contribution < 1.29 is 8.96 Å². The molecule has 3 aromatic heterocycles. The van der Waals surface area contributed by atoms with Crippen LogP contribution in [0.25, 0.3) is 38.6 Å². The molecule has 1 saturated carbocycles. The van der Waals surface area contributed by atoms with E-state index in [9.17, 15) is 14.2 Å². The number of nitrogens with zero attached hydrogens (tertiary/aromatic N) is 4. The monoisotopic (exact) mass is 511 g/mol. The van der Waals surface area contributed by atoms with Crippen molar-refractivity contribution in [1.29, 1.82) is 5.26 Å². The van der Waals surface area contributed by atoms with Crippen molar-refractivity contribution in [2.75, 3.05) is 13.3 Å². The number of nitriles is 1. The van der Waals surface area contributed by atoms with Gasteiger partial charge in [0, 0.05) is 51.3 Å². The zero-order valence-corrected chi connectivity index (χ0v) is 21.9. The number of aromatic nitrogens is 4. The van der Waals surface area contributed by atoms with Gasteiger partial charge in [0.05, 0.1) is 23.3 Å². The van der Waals surface area contributed by atoms with Gasteiger partial charge in [-0.05, 0) is 81.1 Å². The van der Waals surface area contributed by atoms with Gasteiger partial charge in [-0.25, -0.2) is 4.39 Å². The molecule has 0 spiro atoms. The summed E-state index contributed by atoms with van der Waals surface area (Å²) in [6.07, 6.45) is 6.83. The number of nitrogens with one attached hydrogen (secondary N) is 1. The first-order valence-electron chi connectivity index (χ1n) is 12.4. The topological polar surface area (TPSA) is 87.4 Å². The number of pyridine rings is 1. The molecule has 1 fully saturated rings. The van der Waals surface area contributed by atoms with Crippen molar-refractivity contribution in [3.05, 3.63) is 71.9 Å². The SMILES string of the molecule is Cc1cc(-c2c(C3(CC#N)CCC3)n(-c3ccc(F)cc3)c3cc4cn[nH]c4cc23)cnc1P(C)(C)=O. The Kier molecular flexibility index (Phi) is 5.36. The van der Waals surface area contributed by atoms with Crippen molar-refractivity contribution in [1.82, 2.24) is 19.7 Å². The third-order valence-corrected chi connectivity index (χ3v) is 9.18. The highest BCUT2D eigenvalue weighted by atomic mass is 31.2. The first kappa shape index (κ1) is 23.6. The molecular formula is C29H27FN5OP. The Labute approximate surface area is 214 Å². The van der Waals surface area contributed by atoms with Crippen molar-refractivity contribution in [3.8, 4) is 22.9 Å². The lowest BCUT2D eigenvalue weighted by Crippen LogP contribution is -2.36. The van der Waals surface area contributed by atoms with Gasteiger partial charge in [0.15, 0.2) is 0 Å². The summed E-state index contributed by atoms with van der Waals surface area (Å²) >= 11 is 0. The highest BCUT2D eigenvalue weighted by Gasteiger charge is 2.44. The fraction of sp³-hybridized carbons (Fsp3) is 0.276. The lowest BCUT2D eigenvalue weighted by Gasteiger charge is -2.42. The molecule has 0 saturated heterocycles. The maximum atomic E-state index is 14.0. The molecule has 0 atom stereocenters. The molecule has 2 aromatic carbocycles. The average Bonchev–Trinajstić information content (AvgIpc) is 3.41. The number of aromatic amines is 1. The van der Waals surface area contributed by atoms with Crippen LogP contribution in [0, 0.1) is 24.1 Å². The number of fused-ring (bicyclic) bond motifs is 2. The van der Waals surface area contributed by atoms with Crippen molar-refractivity contribution in [2.24, 2.45) is 0 Å². The van der Waals surface area contributed by atoms with Crippen molar-refractivity contribution in [2.45, 2.75) is 38.0 Å². The van der Waals surface area contributed by atoms with E-state index in [0.717, 1.165) is 69.1 Å². The number of rotatable bonds is 5. The first-order chi connectivity index (χ1) is 17.7. The number of H-pyrrole nitrogens is 1. The minimum atomic E-state index is -2.54. The Morgan fingerprint density at radius 2 is 1.92 bits per heavy atom. The summed E-state index contributed by atoms with van der Waals surface area (Å²) in [6.45, 7) is 5.42. The standard InChI is InChI=1S/C29H27FN5OP/c1-18-13-20(16-32-28(18)37(2,3)36)26-23-15-24-19(17-33-34-24)14-25(23)35(22-7-5-21(30)6-8-22)27(26)29(11-12-31)9-4-10-29/h5-8,13-17H,4,9-11H2,1-3H3,(H,33,34). The van der Waals surface area contributed by atoms with Crippen LogP contribution in [0.4, 0.5) is 4.39 Å². The van der Waals surface area contributed by atoms with Gasteiger partial charge < -0.3 is 9.13 Å². The Morgan fingerprint density at radius 1 is 1.16 bits per heavy atom. The summed E-state index contributed by atoms with van der Waals surface area (Å²) in [5.41, 5.74) is 6.87. The summed E-state index contributed by atoms with van der Waals surface area (Å²) in [4.78, 5) is 4.68. The van der Waals surface area contributed by atoms with Crippen LogP contribution in [0.2, 0.25) is 0 Å². The quantitative estimate of drug-likeness (QED) is 0.269. The van der Waals surface area contributed by atoms with E-state index in [0.29, 0.717) is 11.9 Å². The van der Waals surface area contributed by atoms with E-state index in [1.165, 1.54) is 12.1 Å². The molecule has 3 heterocycles. The van der Waals surface area contributed by atoms with E-state index in [1.807, 2.05) is 13.1 Å². The van der Waals surface area contributed by atoms with Crippen LogP contribution in [0.15, 0.2) is 54.9 Å². The zero-order chi connectivity index (χ0) is 25.9. The summed E-state index contributed by atoms with van der Waals surface area (Å²) in [5, 5.41) is 19.2. The largest absolute Gasteiger partial charge is 0.318 e. The second-order valence-corrected chi connectivity index (χ2v) is 13.7. The lowest BCUT2D eigenvalue weighted by molar-refractivity contribution is 0.240. The molecule has 186 valence electrons. The normalized spacial score (nSPS) is 15.1. The lowest BCUT2D eigenvalue weighted by atomic mass is 9.63. The van der Waals surface area contributed by atoms with E-state index >= 15 is 0 Å². The maximum absolute atomic E-state index is 14.0. The van der Waals surface area contributed by atoms with Crippen LogP contribution >= 0.6 is 7.14 Å². The number of halogens is 1. The Hall–Kier alpha value is -3.75. The summed E-state index contributed by atoms with van der Waals surface area (Å²) < 4.78 is 29.0. The second kappa shape index (κ2) is 8.39. The minimum absolute atomic E-state index is 0.298. The Bertz CT molecular complexity index is 1770.